The summed E-state index contributed by atoms with van der Waals surface area (Å²) in [6, 6.07) is 9.41. The summed E-state index contributed by atoms with van der Waals surface area (Å²) in [6.45, 7) is 2.13. The number of anilines is 1. The molecule has 0 radical (unpaired) electrons. The van der Waals surface area contributed by atoms with E-state index in [2.05, 4.69) is 21.9 Å². The molecule has 0 aliphatic heterocycles. The summed E-state index contributed by atoms with van der Waals surface area (Å²) >= 11 is 0. The maximum atomic E-state index is 15.9. The number of benzene rings is 2. The van der Waals surface area contributed by atoms with E-state index in [9.17, 15) is 4.39 Å². The van der Waals surface area contributed by atoms with Gasteiger partial charge in [-0.3, -0.25) is 4.98 Å². The largest absolute Gasteiger partial charge is 0.468 e. The summed E-state index contributed by atoms with van der Waals surface area (Å²) in [5.41, 5.74) is 2.03. The van der Waals surface area contributed by atoms with E-state index < -0.39 is 12.0 Å². The van der Waals surface area contributed by atoms with Crippen LogP contribution < -0.4 is 9.64 Å². The fourth-order valence-corrected chi connectivity index (χ4v) is 4.33. The zero-order valence-electron chi connectivity index (χ0n) is 18.7. The predicted octanol–water partition coefficient (Wildman–Crippen LogP) is 5.08. The van der Waals surface area contributed by atoms with Crippen LogP contribution in [-0.2, 0) is 11.2 Å². The standard InChI is InChI=1S/C25H24F2N4O2/c1-4-14-6-5-7-15-8-16(33-13-32-3)9-17(21(14)15)23-22(27)24-18(11-28-23)25(30-12-29-24)31(2)20-10-19(20)26/h5-9,11-12,19-20H,4,10,13H2,1-3H3/t19-,20-/m1/s1. The van der Waals surface area contributed by atoms with Gasteiger partial charge in [0.2, 0.25) is 0 Å². The van der Waals surface area contributed by atoms with Crippen LogP contribution in [0, 0.1) is 5.82 Å². The van der Waals surface area contributed by atoms with Gasteiger partial charge in [0, 0.05) is 32.3 Å². The fraction of sp³-hybridized carbons (Fsp3) is 0.320. The van der Waals surface area contributed by atoms with Gasteiger partial charge in [0.05, 0.1) is 11.4 Å². The highest BCUT2D eigenvalue weighted by Gasteiger charge is 2.42. The molecule has 0 amide bonds. The summed E-state index contributed by atoms with van der Waals surface area (Å²) < 4.78 is 40.3. The number of ether oxygens (including phenoxy) is 2. The van der Waals surface area contributed by atoms with Crippen molar-refractivity contribution < 1.29 is 18.3 Å². The number of aryl methyl sites for hydroxylation is 1. The van der Waals surface area contributed by atoms with Crippen LogP contribution in [-0.4, -0.2) is 48.1 Å². The summed E-state index contributed by atoms with van der Waals surface area (Å²) in [4.78, 5) is 14.7. The first-order valence-electron chi connectivity index (χ1n) is 10.9. The molecule has 0 N–H and O–H groups in total. The van der Waals surface area contributed by atoms with E-state index in [0.717, 1.165) is 22.8 Å². The van der Waals surface area contributed by atoms with Gasteiger partial charge in [-0.15, -0.1) is 0 Å². The minimum atomic E-state index is -0.897. The van der Waals surface area contributed by atoms with E-state index in [1.165, 1.54) is 6.33 Å². The highest BCUT2D eigenvalue weighted by molar-refractivity contribution is 6.01. The quantitative estimate of drug-likeness (QED) is 0.366. The Morgan fingerprint density at radius 3 is 2.73 bits per heavy atom. The molecular weight excluding hydrogens is 426 g/mol. The Morgan fingerprint density at radius 1 is 1.18 bits per heavy atom. The second kappa shape index (κ2) is 8.51. The predicted molar refractivity (Wildman–Crippen MR) is 124 cm³/mol. The molecule has 0 bridgehead atoms. The molecular formula is C25H24F2N4O2. The van der Waals surface area contributed by atoms with Crippen molar-refractivity contribution in [3.63, 3.8) is 0 Å². The normalized spacial score (nSPS) is 17.5. The minimum Gasteiger partial charge on any atom is -0.468 e. The lowest BCUT2D eigenvalue weighted by atomic mass is 9.95. The van der Waals surface area contributed by atoms with E-state index >= 15 is 4.39 Å². The molecule has 6 nitrogen and oxygen atoms in total. The number of hydrogen-bond donors (Lipinski definition) is 0. The Labute approximate surface area is 190 Å². The number of halogens is 2. The van der Waals surface area contributed by atoms with E-state index in [1.54, 1.807) is 31.3 Å². The van der Waals surface area contributed by atoms with E-state index in [1.807, 2.05) is 24.3 Å². The molecule has 2 aromatic carbocycles. The molecule has 1 aliphatic carbocycles. The number of aromatic nitrogens is 3. The van der Waals surface area contributed by atoms with Gasteiger partial charge >= 0.3 is 0 Å². The SMILES string of the molecule is CCc1cccc2cc(OCOC)cc(-c3ncc4c(N(C)[C@@H]5C[C@H]5F)ncnc4c3F)c12. The molecule has 5 rings (SSSR count). The van der Waals surface area contributed by atoms with Crippen LogP contribution in [0.3, 0.4) is 0 Å². The van der Waals surface area contributed by atoms with E-state index in [4.69, 9.17) is 9.47 Å². The first-order chi connectivity index (χ1) is 16.0. The zero-order chi connectivity index (χ0) is 23.1. The van der Waals surface area contributed by atoms with Crippen molar-refractivity contribution in [1.82, 2.24) is 15.0 Å². The molecule has 4 aromatic rings. The summed E-state index contributed by atoms with van der Waals surface area (Å²) in [5.74, 6) is 0.479. The lowest BCUT2D eigenvalue weighted by Gasteiger charge is -2.19. The van der Waals surface area contributed by atoms with Crippen molar-refractivity contribution in [3.05, 3.63) is 54.2 Å². The molecule has 2 aromatic heterocycles. The molecule has 1 fully saturated rings. The molecule has 1 saturated carbocycles. The van der Waals surface area contributed by atoms with Crippen molar-refractivity contribution in [2.45, 2.75) is 32.0 Å². The smallest absolute Gasteiger partial charge is 0.188 e. The third kappa shape index (κ3) is 3.74. The van der Waals surface area contributed by atoms with Crippen LogP contribution in [0.25, 0.3) is 32.9 Å². The first kappa shape index (κ1) is 21.5. The van der Waals surface area contributed by atoms with Gasteiger partial charge in [0.25, 0.3) is 0 Å². The van der Waals surface area contributed by atoms with Gasteiger partial charge in [-0.1, -0.05) is 25.1 Å². The monoisotopic (exact) mass is 450 g/mol. The Balaban J connectivity index is 1.71. The Hall–Kier alpha value is -3.39. The molecule has 0 saturated heterocycles. The van der Waals surface area contributed by atoms with Crippen LogP contribution in [0.1, 0.15) is 18.9 Å². The Bertz CT molecular complexity index is 1350. The second-order valence-electron chi connectivity index (χ2n) is 8.20. The molecule has 33 heavy (non-hydrogen) atoms. The van der Waals surface area contributed by atoms with E-state index in [0.29, 0.717) is 28.9 Å². The number of hydrogen-bond acceptors (Lipinski definition) is 6. The third-order valence-electron chi connectivity index (χ3n) is 6.13. The zero-order valence-corrected chi connectivity index (χ0v) is 18.7. The number of alkyl halides is 1. The Kier molecular flexibility index (Phi) is 5.54. The maximum absolute atomic E-state index is 15.9. The van der Waals surface area contributed by atoms with Gasteiger partial charge < -0.3 is 14.4 Å². The molecule has 2 atom stereocenters. The van der Waals surface area contributed by atoms with Crippen molar-refractivity contribution in [3.8, 4) is 17.0 Å². The topological polar surface area (TPSA) is 60.4 Å². The molecule has 0 unspecified atom stereocenters. The molecule has 1 aliphatic rings. The summed E-state index contributed by atoms with van der Waals surface area (Å²) in [7, 11) is 3.30. The summed E-state index contributed by atoms with van der Waals surface area (Å²) in [6.07, 6.45) is 3.20. The van der Waals surface area contributed by atoms with Gasteiger partial charge in [-0.05, 0) is 34.9 Å². The second-order valence-corrected chi connectivity index (χ2v) is 8.20. The first-order valence-corrected chi connectivity index (χ1v) is 10.9. The van der Waals surface area contributed by atoms with Crippen LogP contribution in [0.5, 0.6) is 5.75 Å². The maximum Gasteiger partial charge on any atom is 0.188 e. The van der Waals surface area contributed by atoms with Crippen LogP contribution in [0.15, 0.2) is 42.9 Å². The average molecular weight is 450 g/mol. The third-order valence-corrected chi connectivity index (χ3v) is 6.13. The van der Waals surface area contributed by atoms with Crippen molar-refractivity contribution in [2.75, 3.05) is 25.9 Å². The van der Waals surface area contributed by atoms with Gasteiger partial charge in [0.1, 0.15) is 35.3 Å². The lowest BCUT2D eigenvalue weighted by molar-refractivity contribution is 0.0512. The van der Waals surface area contributed by atoms with Crippen molar-refractivity contribution in [2.24, 2.45) is 0 Å². The van der Waals surface area contributed by atoms with Gasteiger partial charge in [-0.25, -0.2) is 18.7 Å². The van der Waals surface area contributed by atoms with Crippen molar-refractivity contribution >= 4 is 27.5 Å². The van der Waals surface area contributed by atoms with Gasteiger partial charge in [-0.2, -0.15) is 0 Å². The average Bonchev–Trinajstić information content (AvgIpc) is 3.57. The number of pyridine rings is 1. The molecule has 0 spiro atoms. The van der Waals surface area contributed by atoms with Gasteiger partial charge in [0.15, 0.2) is 12.6 Å². The summed E-state index contributed by atoms with van der Waals surface area (Å²) in [5, 5.41) is 2.29. The number of nitrogens with zero attached hydrogens (tertiary/aromatic N) is 4. The highest BCUT2D eigenvalue weighted by Crippen LogP contribution is 2.39. The van der Waals surface area contributed by atoms with Crippen LogP contribution in [0.4, 0.5) is 14.6 Å². The minimum absolute atomic E-state index is 0.0751. The van der Waals surface area contributed by atoms with Crippen LogP contribution in [0.2, 0.25) is 0 Å². The highest BCUT2D eigenvalue weighted by atomic mass is 19.1. The number of rotatable bonds is 7. The number of methoxy groups -OCH3 is 1. The lowest BCUT2D eigenvalue weighted by Crippen LogP contribution is -2.23. The Morgan fingerprint density at radius 2 is 2.00 bits per heavy atom. The van der Waals surface area contributed by atoms with E-state index in [-0.39, 0.29) is 24.0 Å². The molecule has 170 valence electrons. The number of fused-ring (bicyclic) bond motifs is 2. The fourth-order valence-electron chi connectivity index (χ4n) is 4.33. The molecule has 8 heteroatoms. The van der Waals surface area contributed by atoms with Crippen LogP contribution >= 0.6 is 0 Å². The van der Waals surface area contributed by atoms with Crippen molar-refractivity contribution in [1.29, 1.82) is 0 Å². The molecule has 2 heterocycles.